The van der Waals surface area contributed by atoms with Gasteiger partial charge in [-0.1, -0.05) is 35.9 Å². The Kier molecular flexibility index (Phi) is 9.77. The fourth-order valence-corrected chi connectivity index (χ4v) is 3.49. The smallest absolute Gasteiger partial charge is 0.191 e. The van der Waals surface area contributed by atoms with E-state index in [1.165, 1.54) is 11.1 Å². The van der Waals surface area contributed by atoms with E-state index in [2.05, 4.69) is 63.6 Å². The number of ether oxygens (including phenoxy) is 1. The van der Waals surface area contributed by atoms with Gasteiger partial charge in [0.1, 0.15) is 12.4 Å². The molecule has 1 aliphatic heterocycles. The Morgan fingerprint density at radius 2 is 2.03 bits per heavy atom. The SMILES string of the molecule is C=CCNC(=NCc1nnc(C)n1C)NCC1CCCOC1c1ccc(C)cc1.I. The summed E-state index contributed by atoms with van der Waals surface area (Å²) in [5, 5.41) is 15.1. The maximum Gasteiger partial charge on any atom is 0.191 e. The second-order valence-electron chi connectivity index (χ2n) is 7.54. The van der Waals surface area contributed by atoms with Gasteiger partial charge in [0.2, 0.25) is 0 Å². The average Bonchev–Trinajstić information content (AvgIpc) is 3.06. The first-order valence-corrected chi connectivity index (χ1v) is 10.2. The molecule has 1 fully saturated rings. The number of benzene rings is 1. The number of aliphatic imine (C=N–C) groups is 1. The van der Waals surface area contributed by atoms with Crippen molar-refractivity contribution in [2.24, 2.45) is 18.0 Å². The van der Waals surface area contributed by atoms with Crippen molar-refractivity contribution in [1.82, 2.24) is 25.4 Å². The van der Waals surface area contributed by atoms with Gasteiger partial charge < -0.3 is 19.9 Å². The lowest BCUT2D eigenvalue weighted by Gasteiger charge is -2.32. The summed E-state index contributed by atoms with van der Waals surface area (Å²) < 4.78 is 8.10. The third-order valence-corrected chi connectivity index (χ3v) is 5.36. The number of nitrogens with zero attached hydrogens (tertiary/aromatic N) is 4. The predicted molar refractivity (Wildman–Crippen MR) is 131 cm³/mol. The van der Waals surface area contributed by atoms with Gasteiger partial charge in [-0.3, -0.25) is 0 Å². The summed E-state index contributed by atoms with van der Waals surface area (Å²) in [7, 11) is 1.95. The van der Waals surface area contributed by atoms with E-state index in [9.17, 15) is 0 Å². The van der Waals surface area contributed by atoms with Gasteiger partial charge in [0.25, 0.3) is 0 Å². The van der Waals surface area contributed by atoms with Crippen LogP contribution >= 0.6 is 24.0 Å². The van der Waals surface area contributed by atoms with E-state index in [1.54, 1.807) is 0 Å². The molecule has 2 heterocycles. The molecular weight excluding hydrogens is 491 g/mol. The van der Waals surface area contributed by atoms with Gasteiger partial charge in [0.15, 0.2) is 11.8 Å². The van der Waals surface area contributed by atoms with Gasteiger partial charge in [0.05, 0.1) is 6.10 Å². The second kappa shape index (κ2) is 12.0. The molecule has 1 saturated heterocycles. The maximum absolute atomic E-state index is 6.14. The molecule has 30 heavy (non-hydrogen) atoms. The average molecular weight is 524 g/mol. The molecule has 164 valence electrons. The lowest BCUT2D eigenvalue weighted by Crippen LogP contribution is -2.42. The van der Waals surface area contributed by atoms with Gasteiger partial charge in [-0.05, 0) is 32.3 Å². The minimum Gasteiger partial charge on any atom is -0.373 e. The Hall–Kier alpha value is -1.94. The van der Waals surface area contributed by atoms with Crippen LogP contribution in [0.25, 0.3) is 0 Å². The molecule has 0 aliphatic carbocycles. The molecule has 2 atom stereocenters. The van der Waals surface area contributed by atoms with Crippen LogP contribution in [0, 0.1) is 19.8 Å². The molecule has 2 aromatic rings. The molecule has 7 nitrogen and oxygen atoms in total. The Morgan fingerprint density at radius 3 is 2.70 bits per heavy atom. The minimum atomic E-state index is 0. The quantitative estimate of drug-likeness (QED) is 0.251. The van der Waals surface area contributed by atoms with Gasteiger partial charge in [0, 0.05) is 32.7 Å². The zero-order valence-electron chi connectivity index (χ0n) is 18.1. The lowest BCUT2D eigenvalue weighted by molar-refractivity contribution is -0.0265. The van der Waals surface area contributed by atoms with E-state index in [-0.39, 0.29) is 30.1 Å². The first-order valence-electron chi connectivity index (χ1n) is 10.2. The number of aromatic nitrogens is 3. The molecule has 1 aromatic heterocycles. The molecule has 2 N–H and O–H groups in total. The summed E-state index contributed by atoms with van der Waals surface area (Å²) in [5.74, 6) is 2.85. The molecule has 8 heteroatoms. The van der Waals surface area contributed by atoms with Crippen LogP contribution in [0.3, 0.4) is 0 Å². The molecule has 0 radical (unpaired) electrons. The highest BCUT2D eigenvalue weighted by Crippen LogP contribution is 2.33. The summed E-state index contributed by atoms with van der Waals surface area (Å²) in [4.78, 5) is 4.68. The van der Waals surface area contributed by atoms with E-state index in [1.807, 2.05) is 24.6 Å². The number of guanidine groups is 1. The fraction of sp³-hybridized carbons (Fsp3) is 0.500. The van der Waals surface area contributed by atoms with Crippen LogP contribution in [0.1, 0.15) is 41.7 Å². The molecule has 2 unspecified atom stereocenters. The highest BCUT2D eigenvalue weighted by atomic mass is 127. The van der Waals surface area contributed by atoms with Gasteiger partial charge in [-0.2, -0.15) is 0 Å². The van der Waals surface area contributed by atoms with Crippen LogP contribution in [0.4, 0.5) is 0 Å². The zero-order valence-corrected chi connectivity index (χ0v) is 20.4. The van der Waals surface area contributed by atoms with E-state index < -0.39 is 0 Å². The van der Waals surface area contributed by atoms with Crippen molar-refractivity contribution in [3.63, 3.8) is 0 Å². The van der Waals surface area contributed by atoms with Gasteiger partial charge in [-0.25, -0.2) is 4.99 Å². The predicted octanol–water partition coefficient (Wildman–Crippen LogP) is 3.44. The summed E-state index contributed by atoms with van der Waals surface area (Å²) >= 11 is 0. The van der Waals surface area contributed by atoms with Crippen molar-refractivity contribution in [1.29, 1.82) is 0 Å². The van der Waals surface area contributed by atoms with Crippen LogP contribution in [-0.2, 0) is 18.3 Å². The number of hydrogen-bond acceptors (Lipinski definition) is 4. The Morgan fingerprint density at radius 1 is 1.27 bits per heavy atom. The molecule has 0 bridgehead atoms. The number of halogens is 1. The normalized spacial score (nSPS) is 19.1. The number of nitrogens with one attached hydrogen (secondary N) is 2. The molecule has 0 spiro atoms. The minimum absolute atomic E-state index is 0. The first kappa shape index (κ1) is 24.3. The topological polar surface area (TPSA) is 76.4 Å². The summed E-state index contributed by atoms with van der Waals surface area (Å²) in [6.45, 7) is 10.5. The van der Waals surface area contributed by atoms with Crippen molar-refractivity contribution >= 4 is 29.9 Å². The van der Waals surface area contributed by atoms with Gasteiger partial charge >= 0.3 is 0 Å². The Labute approximate surface area is 196 Å². The molecule has 1 aliphatic rings. The van der Waals surface area contributed by atoms with Crippen LogP contribution in [0.15, 0.2) is 41.9 Å². The maximum atomic E-state index is 6.14. The van der Waals surface area contributed by atoms with E-state index in [0.717, 1.165) is 43.6 Å². The lowest BCUT2D eigenvalue weighted by atomic mass is 9.89. The van der Waals surface area contributed by atoms with Crippen molar-refractivity contribution in [3.05, 3.63) is 59.7 Å². The van der Waals surface area contributed by atoms with Crippen LogP contribution in [0.2, 0.25) is 0 Å². The molecule has 3 rings (SSSR count). The van der Waals surface area contributed by atoms with Crippen LogP contribution in [-0.4, -0.2) is 40.4 Å². The molecular formula is C22H33IN6O. The third kappa shape index (κ3) is 6.53. The zero-order chi connectivity index (χ0) is 20.6. The van der Waals surface area contributed by atoms with Crippen molar-refractivity contribution in [2.75, 3.05) is 19.7 Å². The van der Waals surface area contributed by atoms with E-state index in [4.69, 9.17) is 4.74 Å². The molecule has 0 amide bonds. The third-order valence-electron chi connectivity index (χ3n) is 5.36. The number of aryl methyl sites for hydroxylation is 2. The van der Waals surface area contributed by atoms with Crippen molar-refractivity contribution in [2.45, 2.75) is 39.3 Å². The molecule has 0 saturated carbocycles. The number of rotatable bonds is 7. The summed E-state index contributed by atoms with van der Waals surface area (Å²) in [5.41, 5.74) is 2.51. The van der Waals surface area contributed by atoms with Gasteiger partial charge in [-0.15, -0.1) is 40.8 Å². The Bertz CT molecular complexity index is 833. The van der Waals surface area contributed by atoms with Crippen molar-refractivity contribution in [3.8, 4) is 0 Å². The van der Waals surface area contributed by atoms with Crippen molar-refractivity contribution < 1.29 is 4.74 Å². The number of hydrogen-bond donors (Lipinski definition) is 2. The summed E-state index contributed by atoms with van der Waals surface area (Å²) in [6.07, 6.45) is 4.14. The fourth-order valence-electron chi connectivity index (χ4n) is 3.49. The standard InChI is InChI=1S/C22H32N6O.HI/c1-5-12-23-22(25-15-20-27-26-17(3)28(20)4)24-14-19-7-6-13-29-21(19)18-10-8-16(2)9-11-18;/h5,8-11,19,21H,1,6-7,12-15H2,2-4H3,(H2,23,24,25);1H. The van der Waals surface area contributed by atoms with E-state index in [0.29, 0.717) is 19.0 Å². The highest BCUT2D eigenvalue weighted by Gasteiger charge is 2.27. The van der Waals surface area contributed by atoms with Crippen LogP contribution < -0.4 is 10.6 Å². The highest BCUT2D eigenvalue weighted by molar-refractivity contribution is 14.0. The largest absolute Gasteiger partial charge is 0.373 e. The monoisotopic (exact) mass is 524 g/mol. The van der Waals surface area contributed by atoms with Crippen LogP contribution in [0.5, 0.6) is 0 Å². The first-order chi connectivity index (χ1) is 14.1. The van der Waals surface area contributed by atoms with E-state index >= 15 is 0 Å². The molecule has 1 aromatic carbocycles. The Balaban J connectivity index is 0.00000320. The summed E-state index contributed by atoms with van der Waals surface area (Å²) in [6, 6.07) is 8.66. The second-order valence-corrected chi connectivity index (χ2v) is 7.54.